The van der Waals surface area contributed by atoms with E-state index in [4.69, 9.17) is 4.74 Å². The fraction of sp³-hybridized carbons (Fsp3) is 0.526. The second kappa shape index (κ2) is 6.98. The van der Waals surface area contributed by atoms with Crippen molar-refractivity contribution in [2.45, 2.75) is 46.6 Å². The molecule has 0 radical (unpaired) electrons. The molecule has 0 N–H and O–H groups in total. The van der Waals surface area contributed by atoms with Gasteiger partial charge in [-0.2, -0.15) is 0 Å². The van der Waals surface area contributed by atoms with Gasteiger partial charge in [-0.05, 0) is 32.6 Å². The van der Waals surface area contributed by atoms with Crippen molar-refractivity contribution in [3.05, 3.63) is 35.1 Å². The SMILES string of the molecule is CC(C)(C)OC(=O)[C@H]1C[C@@H](C(=O)OC(=O)c2c(F)cc(F)cc2F)C1(C)C. The first-order chi connectivity index (χ1) is 12.2. The molecule has 1 saturated carbocycles. The molecular weight excluding hydrogens is 365 g/mol. The summed E-state index contributed by atoms with van der Waals surface area (Å²) in [6, 6.07) is 0.631. The molecule has 1 aromatic rings. The van der Waals surface area contributed by atoms with E-state index in [0.29, 0.717) is 12.1 Å². The van der Waals surface area contributed by atoms with Gasteiger partial charge in [0.05, 0.1) is 11.8 Å². The van der Waals surface area contributed by atoms with Gasteiger partial charge in [-0.3, -0.25) is 9.59 Å². The van der Waals surface area contributed by atoms with Crippen LogP contribution in [0.1, 0.15) is 51.4 Å². The minimum Gasteiger partial charge on any atom is -0.460 e. The molecule has 0 saturated heterocycles. The van der Waals surface area contributed by atoms with Gasteiger partial charge in [-0.25, -0.2) is 18.0 Å². The number of halogens is 3. The maximum absolute atomic E-state index is 13.6. The number of esters is 3. The Morgan fingerprint density at radius 1 is 1.00 bits per heavy atom. The van der Waals surface area contributed by atoms with E-state index < -0.39 is 63.8 Å². The van der Waals surface area contributed by atoms with E-state index in [-0.39, 0.29) is 6.42 Å². The van der Waals surface area contributed by atoms with Crippen LogP contribution in [0.5, 0.6) is 0 Å². The van der Waals surface area contributed by atoms with Crippen molar-refractivity contribution in [1.82, 2.24) is 0 Å². The highest BCUT2D eigenvalue weighted by Gasteiger charge is 2.57. The summed E-state index contributed by atoms with van der Waals surface area (Å²) in [4.78, 5) is 36.4. The van der Waals surface area contributed by atoms with Crippen LogP contribution in [-0.2, 0) is 19.1 Å². The highest BCUT2D eigenvalue weighted by molar-refractivity contribution is 5.98. The van der Waals surface area contributed by atoms with Crippen LogP contribution in [0.2, 0.25) is 0 Å². The monoisotopic (exact) mass is 386 g/mol. The minimum absolute atomic E-state index is 0.0857. The first-order valence-corrected chi connectivity index (χ1v) is 8.37. The number of carbonyl (C=O) groups excluding carboxylic acids is 3. The molecule has 1 fully saturated rings. The molecule has 5 nitrogen and oxygen atoms in total. The summed E-state index contributed by atoms with van der Waals surface area (Å²) in [6.45, 7) is 8.42. The van der Waals surface area contributed by atoms with Gasteiger partial charge in [0.2, 0.25) is 0 Å². The molecule has 0 bridgehead atoms. The topological polar surface area (TPSA) is 69.7 Å². The Kier molecular flexibility index (Phi) is 5.41. The van der Waals surface area contributed by atoms with Gasteiger partial charge in [0.25, 0.3) is 0 Å². The Bertz CT molecular complexity index is 772. The van der Waals surface area contributed by atoms with Crippen molar-refractivity contribution in [3.63, 3.8) is 0 Å². The maximum atomic E-state index is 13.6. The minimum atomic E-state index is -1.55. The number of rotatable bonds is 3. The summed E-state index contributed by atoms with van der Waals surface area (Å²) in [5.74, 6) is -8.57. The Labute approximate surface area is 154 Å². The Hall–Kier alpha value is -2.38. The second-order valence-electron chi connectivity index (χ2n) is 8.15. The fourth-order valence-corrected chi connectivity index (χ4v) is 3.05. The second-order valence-corrected chi connectivity index (χ2v) is 8.15. The zero-order valence-electron chi connectivity index (χ0n) is 15.7. The first-order valence-electron chi connectivity index (χ1n) is 8.37. The lowest BCUT2D eigenvalue weighted by atomic mass is 9.54. The summed E-state index contributed by atoms with van der Waals surface area (Å²) >= 11 is 0. The molecule has 2 rings (SSSR count). The lowest BCUT2D eigenvalue weighted by molar-refractivity contribution is -0.183. The van der Waals surface area contributed by atoms with Crippen LogP contribution in [0.15, 0.2) is 12.1 Å². The molecule has 27 heavy (non-hydrogen) atoms. The molecule has 0 spiro atoms. The molecule has 2 atom stereocenters. The number of carbonyl (C=O) groups is 3. The quantitative estimate of drug-likeness (QED) is 0.584. The van der Waals surface area contributed by atoms with Crippen molar-refractivity contribution in [1.29, 1.82) is 0 Å². The highest BCUT2D eigenvalue weighted by atomic mass is 19.1. The average Bonchev–Trinajstić information content (AvgIpc) is 2.42. The van der Waals surface area contributed by atoms with Crippen LogP contribution in [0.25, 0.3) is 0 Å². The van der Waals surface area contributed by atoms with Gasteiger partial charge in [0, 0.05) is 12.1 Å². The van der Waals surface area contributed by atoms with E-state index >= 15 is 0 Å². The van der Waals surface area contributed by atoms with Crippen molar-refractivity contribution in [2.24, 2.45) is 17.3 Å². The average molecular weight is 386 g/mol. The molecule has 1 aromatic carbocycles. The van der Waals surface area contributed by atoms with Crippen LogP contribution >= 0.6 is 0 Å². The van der Waals surface area contributed by atoms with E-state index in [2.05, 4.69) is 4.74 Å². The molecule has 0 aliphatic heterocycles. The zero-order chi connectivity index (χ0) is 20.7. The molecule has 148 valence electrons. The highest BCUT2D eigenvalue weighted by Crippen LogP contribution is 2.52. The normalized spacial score (nSPS) is 21.2. The van der Waals surface area contributed by atoms with Gasteiger partial charge in [0.15, 0.2) is 0 Å². The Morgan fingerprint density at radius 3 is 1.93 bits per heavy atom. The third-order valence-electron chi connectivity index (χ3n) is 4.65. The van der Waals surface area contributed by atoms with Crippen LogP contribution < -0.4 is 0 Å². The van der Waals surface area contributed by atoms with Crippen molar-refractivity contribution in [2.75, 3.05) is 0 Å². The molecule has 1 aliphatic carbocycles. The first kappa shape index (κ1) is 20.9. The molecule has 8 heteroatoms. The lowest BCUT2D eigenvalue weighted by Crippen LogP contribution is -2.54. The van der Waals surface area contributed by atoms with Crippen LogP contribution in [-0.4, -0.2) is 23.5 Å². The third-order valence-corrected chi connectivity index (χ3v) is 4.65. The van der Waals surface area contributed by atoms with E-state index in [1.807, 2.05) is 0 Å². The largest absolute Gasteiger partial charge is 0.460 e. The van der Waals surface area contributed by atoms with Gasteiger partial charge < -0.3 is 9.47 Å². The summed E-state index contributed by atoms with van der Waals surface area (Å²) in [5.41, 5.74) is -2.70. The predicted molar refractivity (Wildman–Crippen MR) is 88.0 cm³/mol. The van der Waals surface area contributed by atoms with Gasteiger partial charge in [0.1, 0.15) is 28.6 Å². The van der Waals surface area contributed by atoms with Crippen molar-refractivity contribution >= 4 is 17.9 Å². The van der Waals surface area contributed by atoms with E-state index in [1.54, 1.807) is 34.6 Å². The summed E-state index contributed by atoms with van der Waals surface area (Å²) in [6.07, 6.45) is 0.0857. The van der Waals surface area contributed by atoms with E-state index in [1.165, 1.54) is 0 Å². The standard InChI is InChI=1S/C19H21F3O5/c1-18(2,3)27-16(24)11-8-10(19(11,4)5)15(23)26-17(25)14-12(21)6-9(20)7-13(14)22/h6-7,10-11H,8H2,1-5H3/t10-,11+/m0/s1. The molecule has 0 unspecified atom stereocenters. The van der Waals surface area contributed by atoms with Crippen LogP contribution in [0.4, 0.5) is 13.2 Å². The van der Waals surface area contributed by atoms with Crippen LogP contribution in [0, 0.1) is 34.7 Å². The molecule has 0 amide bonds. The number of ether oxygens (including phenoxy) is 2. The number of hydrogen-bond acceptors (Lipinski definition) is 5. The smallest absolute Gasteiger partial charge is 0.351 e. The van der Waals surface area contributed by atoms with Gasteiger partial charge >= 0.3 is 17.9 Å². The molecular formula is C19H21F3O5. The zero-order valence-corrected chi connectivity index (χ0v) is 15.7. The van der Waals surface area contributed by atoms with Crippen LogP contribution in [0.3, 0.4) is 0 Å². The molecule has 0 aromatic heterocycles. The Morgan fingerprint density at radius 2 is 1.48 bits per heavy atom. The van der Waals surface area contributed by atoms with Crippen molar-refractivity contribution < 1.29 is 37.0 Å². The van der Waals surface area contributed by atoms with Gasteiger partial charge in [-0.15, -0.1) is 0 Å². The maximum Gasteiger partial charge on any atom is 0.351 e. The van der Waals surface area contributed by atoms with Gasteiger partial charge in [-0.1, -0.05) is 13.8 Å². The summed E-state index contributed by atoms with van der Waals surface area (Å²) in [5, 5.41) is 0. The molecule has 0 heterocycles. The molecule has 1 aliphatic rings. The Balaban J connectivity index is 2.08. The summed E-state index contributed by atoms with van der Waals surface area (Å²) in [7, 11) is 0. The van der Waals surface area contributed by atoms with E-state index in [0.717, 1.165) is 0 Å². The summed E-state index contributed by atoms with van der Waals surface area (Å²) < 4.78 is 50.1. The predicted octanol–water partition coefficient (Wildman–Crippen LogP) is 3.79. The third kappa shape index (κ3) is 4.31. The van der Waals surface area contributed by atoms with E-state index in [9.17, 15) is 27.6 Å². The van der Waals surface area contributed by atoms with Crippen molar-refractivity contribution in [3.8, 4) is 0 Å². The lowest BCUT2D eigenvalue weighted by Gasteiger charge is -2.49. The number of hydrogen-bond donors (Lipinski definition) is 0. The fourth-order valence-electron chi connectivity index (χ4n) is 3.05. The number of benzene rings is 1.